The number of amides is 1. The summed E-state index contributed by atoms with van der Waals surface area (Å²) in [4.78, 5) is 13.3. The Hall–Kier alpha value is -2.48. The number of nitrogens with one attached hydrogen (secondary N) is 1. The van der Waals surface area contributed by atoms with Crippen LogP contribution in [-0.2, 0) is 26.0 Å². The number of benzene rings is 2. The maximum Gasteiger partial charge on any atom is 0.239 e. The number of allylic oxidation sites excluding steroid dienone is 1. The molecular weight excluding hydrogens is 424 g/mol. The first-order valence-electron chi connectivity index (χ1n) is 11.1. The minimum Gasteiger partial charge on any atom is -0.377 e. The van der Waals surface area contributed by atoms with Crippen LogP contribution in [0.15, 0.2) is 47.4 Å². The molecule has 1 aliphatic carbocycles. The Morgan fingerprint density at radius 3 is 2.72 bits per heavy atom. The molecule has 0 spiro atoms. The van der Waals surface area contributed by atoms with Gasteiger partial charge in [-0.3, -0.25) is 4.79 Å². The molecule has 1 aliphatic heterocycles. The van der Waals surface area contributed by atoms with Gasteiger partial charge in [0.05, 0.1) is 17.6 Å². The lowest BCUT2D eigenvalue weighted by Gasteiger charge is -2.27. The number of anilines is 1. The summed E-state index contributed by atoms with van der Waals surface area (Å²) in [7, 11) is -3.81. The van der Waals surface area contributed by atoms with E-state index in [1.54, 1.807) is 6.08 Å². The third kappa shape index (κ3) is 4.95. The highest BCUT2D eigenvalue weighted by Crippen LogP contribution is 2.30. The Morgan fingerprint density at radius 2 is 1.94 bits per heavy atom. The molecule has 0 radical (unpaired) electrons. The Balaban J connectivity index is 1.58. The third-order valence-corrected chi connectivity index (χ3v) is 8.26. The van der Waals surface area contributed by atoms with Crippen molar-refractivity contribution in [3.63, 3.8) is 0 Å². The molecular formula is C25H30N2O4S. The minimum atomic E-state index is -3.81. The van der Waals surface area contributed by atoms with Crippen molar-refractivity contribution in [1.82, 2.24) is 4.31 Å². The quantitative estimate of drug-likeness (QED) is 0.685. The lowest BCUT2D eigenvalue weighted by Crippen LogP contribution is -2.43. The molecule has 1 fully saturated rings. The van der Waals surface area contributed by atoms with Gasteiger partial charge in [0.2, 0.25) is 15.9 Å². The number of ether oxygens (including phenoxy) is 1. The third-order valence-electron chi connectivity index (χ3n) is 6.31. The molecule has 1 saturated heterocycles. The van der Waals surface area contributed by atoms with Crippen LogP contribution in [0.4, 0.5) is 5.69 Å². The molecule has 2 aromatic rings. The van der Waals surface area contributed by atoms with Crippen molar-refractivity contribution in [2.24, 2.45) is 0 Å². The van der Waals surface area contributed by atoms with E-state index in [0.29, 0.717) is 30.0 Å². The molecule has 2 aliphatic rings. The number of carbonyl (C=O) groups is 1. The highest BCUT2D eigenvalue weighted by molar-refractivity contribution is 7.93. The van der Waals surface area contributed by atoms with E-state index in [2.05, 4.69) is 5.32 Å². The number of hydrogen-bond donors (Lipinski definition) is 1. The maximum absolute atomic E-state index is 13.6. The summed E-state index contributed by atoms with van der Waals surface area (Å²) in [5.74, 6) is -0.350. The van der Waals surface area contributed by atoms with Crippen molar-refractivity contribution >= 4 is 27.7 Å². The molecule has 2 aromatic carbocycles. The predicted octanol–water partition coefficient (Wildman–Crippen LogP) is 4.04. The normalized spacial score (nSPS) is 18.3. The Kier molecular flexibility index (Phi) is 6.79. The van der Waals surface area contributed by atoms with Gasteiger partial charge in [0, 0.05) is 18.8 Å². The number of sulfonamides is 1. The van der Waals surface area contributed by atoms with Gasteiger partial charge in [-0.1, -0.05) is 36.4 Å². The molecule has 0 aromatic heterocycles. The number of fused-ring (bicyclic) bond motifs is 1. The fraction of sp³-hybridized carbons (Fsp3) is 0.400. The second kappa shape index (κ2) is 9.57. The molecule has 1 amide bonds. The number of nitrogens with zero attached hydrogens (tertiary/aromatic N) is 1. The second-order valence-corrected chi connectivity index (χ2v) is 10.5. The van der Waals surface area contributed by atoms with Crippen LogP contribution in [0.3, 0.4) is 0 Å². The molecule has 0 saturated carbocycles. The van der Waals surface area contributed by atoms with Gasteiger partial charge in [0.25, 0.3) is 0 Å². The first-order chi connectivity index (χ1) is 15.3. The van der Waals surface area contributed by atoms with E-state index in [1.807, 2.05) is 56.3 Å². The summed E-state index contributed by atoms with van der Waals surface area (Å²) in [5.41, 5.74) is 4.81. The highest BCUT2D eigenvalue weighted by Gasteiger charge is 2.33. The van der Waals surface area contributed by atoms with Gasteiger partial charge >= 0.3 is 0 Å². The summed E-state index contributed by atoms with van der Waals surface area (Å²) in [6.45, 7) is 4.49. The van der Waals surface area contributed by atoms with Crippen LogP contribution >= 0.6 is 0 Å². The Labute approximate surface area is 190 Å². The summed E-state index contributed by atoms with van der Waals surface area (Å²) in [6, 6.07) is 13.5. The van der Waals surface area contributed by atoms with Crippen molar-refractivity contribution in [3.05, 3.63) is 69.6 Å². The largest absolute Gasteiger partial charge is 0.377 e. The number of carbonyl (C=O) groups excluding carboxylic acids is 1. The van der Waals surface area contributed by atoms with Gasteiger partial charge < -0.3 is 10.1 Å². The standard InChI is InChI=1S/C25H30N2O4S/c1-18-7-5-11-24(19(18)2)26-25(28)17-27(16-22-10-6-14-31-22)32(29,30)23-13-12-20-8-3-4-9-21(20)15-23/h3-5,7-9,11,15,22H,6,10,12-14,16-17H2,1-2H3,(H,26,28). The molecule has 1 N–H and O–H groups in total. The molecule has 170 valence electrons. The van der Waals surface area contributed by atoms with Gasteiger partial charge in [0.1, 0.15) is 0 Å². The molecule has 6 nitrogen and oxygen atoms in total. The van der Waals surface area contributed by atoms with Gasteiger partial charge in [-0.2, -0.15) is 4.31 Å². The zero-order valence-electron chi connectivity index (χ0n) is 18.6. The average Bonchev–Trinajstić information content (AvgIpc) is 3.29. The van der Waals surface area contributed by atoms with E-state index in [0.717, 1.165) is 35.1 Å². The molecule has 7 heteroatoms. The van der Waals surface area contributed by atoms with E-state index in [1.165, 1.54) is 4.31 Å². The van der Waals surface area contributed by atoms with E-state index >= 15 is 0 Å². The zero-order chi connectivity index (χ0) is 22.7. The van der Waals surface area contributed by atoms with Gasteiger partial charge in [-0.15, -0.1) is 0 Å². The van der Waals surface area contributed by atoms with E-state index in [9.17, 15) is 13.2 Å². The van der Waals surface area contributed by atoms with Crippen LogP contribution < -0.4 is 5.32 Å². The minimum absolute atomic E-state index is 0.182. The van der Waals surface area contributed by atoms with Gasteiger partial charge in [0.15, 0.2) is 0 Å². The zero-order valence-corrected chi connectivity index (χ0v) is 19.5. The molecule has 4 rings (SSSR count). The molecule has 1 atom stereocenters. The molecule has 0 bridgehead atoms. The monoisotopic (exact) mass is 454 g/mol. The van der Waals surface area contributed by atoms with Crippen molar-refractivity contribution in [1.29, 1.82) is 0 Å². The van der Waals surface area contributed by atoms with Crippen molar-refractivity contribution < 1.29 is 17.9 Å². The summed E-state index contributed by atoms with van der Waals surface area (Å²) in [5, 5.41) is 2.89. The van der Waals surface area contributed by atoms with Gasteiger partial charge in [-0.05, 0) is 73.9 Å². The summed E-state index contributed by atoms with van der Waals surface area (Å²) >= 11 is 0. The average molecular weight is 455 g/mol. The van der Waals surface area contributed by atoms with Crippen LogP contribution in [0.5, 0.6) is 0 Å². The topological polar surface area (TPSA) is 75.7 Å². The highest BCUT2D eigenvalue weighted by atomic mass is 32.2. The van der Waals surface area contributed by atoms with E-state index in [4.69, 9.17) is 4.74 Å². The number of hydrogen-bond acceptors (Lipinski definition) is 4. The summed E-state index contributed by atoms with van der Waals surface area (Å²) in [6.07, 6.45) is 4.37. The van der Waals surface area contributed by atoms with Gasteiger partial charge in [-0.25, -0.2) is 8.42 Å². The maximum atomic E-state index is 13.6. The predicted molar refractivity (Wildman–Crippen MR) is 127 cm³/mol. The molecule has 1 heterocycles. The summed E-state index contributed by atoms with van der Waals surface area (Å²) < 4.78 is 34.2. The van der Waals surface area contributed by atoms with Crippen LogP contribution in [0, 0.1) is 13.8 Å². The fourth-order valence-corrected chi connectivity index (χ4v) is 5.89. The van der Waals surface area contributed by atoms with Crippen LogP contribution in [-0.4, -0.2) is 44.4 Å². The van der Waals surface area contributed by atoms with Crippen molar-refractivity contribution in [2.45, 2.75) is 45.6 Å². The SMILES string of the molecule is Cc1cccc(NC(=O)CN(CC2CCCO2)S(=O)(=O)C2=Cc3ccccc3CC2)c1C. The van der Waals surface area contributed by atoms with Crippen LogP contribution in [0.2, 0.25) is 0 Å². The first-order valence-corrected chi connectivity index (χ1v) is 12.5. The fourth-order valence-electron chi connectivity index (χ4n) is 4.27. The van der Waals surface area contributed by atoms with Crippen LogP contribution in [0.25, 0.3) is 6.08 Å². The van der Waals surface area contributed by atoms with Crippen LogP contribution in [0.1, 0.15) is 41.5 Å². The molecule has 1 unspecified atom stereocenters. The number of aryl methyl sites for hydroxylation is 2. The lowest BCUT2D eigenvalue weighted by atomic mass is 9.98. The smallest absolute Gasteiger partial charge is 0.239 e. The van der Waals surface area contributed by atoms with E-state index in [-0.39, 0.29) is 25.1 Å². The Bertz CT molecular complexity index is 1130. The van der Waals surface area contributed by atoms with Crippen molar-refractivity contribution in [2.75, 3.05) is 25.0 Å². The molecule has 32 heavy (non-hydrogen) atoms. The van der Waals surface area contributed by atoms with E-state index < -0.39 is 10.0 Å². The lowest BCUT2D eigenvalue weighted by molar-refractivity contribution is -0.116. The number of rotatable bonds is 7. The second-order valence-electron chi connectivity index (χ2n) is 8.54. The Morgan fingerprint density at radius 1 is 1.12 bits per heavy atom. The van der Waals surface area contributed by atoms with Crippen molar-refractivity contribution in [3.8, 4) is 0 Å². The first kappa shape index (κ1) is 22.7.